The van der Waals surface area contributed by atoms with Crippen LogP contribution in [0.25, 0.3) is 0 Å². The fourth-order valence-corrected chi connectivity index (χ4v) is 1.84. The first-order valence-electron chi connectivity index (χ1n) is 5.99. The fourth-order valence-electron chi connectivity index (χ4n) is 1.84. The number of hydrogen-bond acceptors (Lipinski definition) is 5. The highest BCUT2D eigenvalue weighted by atomic mass is 16.5. The maximum atomic E-state index is 5.67. The second-order valence-electron chi connectivity index (χ2n) is 4.56. The van der Waals surface area contributed by atoms with E-state index in [4.69, 9.17) is 4.74 Å². The summed E-state index contributed by atoms with van der Waals surface area (Å²) in [5.74, 6) is 0.824. The molecule has 1 fully saturated rings. The number of morpholine rings is 1. The van der Waals surface area contributed by atoms with Gasteiger partial charge in [-0.25, -0.2) is 4.98 Å². The lowest BCUT2D eigenvalue weighted by molar-refractivity contribution is -0.0117. The van der Waals surface area contributed by atoms with Crippen molar-refractivity contribution in [1.29, 1.82) is 0 Å². The van der Waals surface area contributed by atoms with E-state index in [0.717, 1.165) is 43.4 Å². The van der Waals surface area contributed by atoms with Crippen molar-refractivity contribution in [3.8, 4) is 0 Å². The first-order chi connectivity index (χ1) is 8.15. The third-order valence-corrected chi connectivity index (χ3v) is 3.04. The maximum Gasteiger partial charge on any atom is 0.144 e. The van der Waals surface area contributed by atoms with Gasteiger partial charge in [0.2, 0.25) is 0 Å². The molecule has 0 spiro atoms. The molecule has 0 amide bonds. The van der Waals surface area contributed by atoms with E-state index in [1.54, 1.807) is 6.20 Å². The Balaban J connectivity index is 1.86. The summed E-state index contributed by atoms with van der Waals surface area (Å²) in [5.41, 5.74) is 1.95. The van der Waals surface area contributed by atoms with Gasteiger partial charge in [-0.05, 0) is 20.9 Å². The van der Waals surface area contributed by atoms with Crippen LogP contribution in [0.5, 0.6) is 0 Å². The molecule has 1 atom stereocenters. The Morgan fingerprint density at radius 3 is 3.00 bits per heavy atom. The monoisotopic (exact) mass is 236 g/mol. The predicted octanol–water partition coefficient (Wildman–Crippen LogP) is 0.836. The van der Waals surface area contributed by atoms with Crippen LogP contribution in [0, 0.1) is 13.8 Å². The van der Waals surface area contributed by atoms with Gasteiger partial charge >= 0.3 is 0 Å². The minimum atomic E-state index is 0.233. The van der Waals surface area contributed by atoms with E-state index in [9.17, 15) is 0 Å². The molecule has 1 aromatic heterocycles. The summed E-state index contributed by atoms with van der Waals surface area (Å²) in [4.78, 5) is 11.0. The summed E-state index contributed by atoms with van der Waals surface area (Å²) in [7, 11) is 2.12. The number of ether oxygens (including phenoxy) is 1. The Labute approximate surface area is 102 Å². The number of aromatic nitrogens is 2. The zero-order chi connectivity index (χ0) is 12.3. The molecular weight excluding hydrogens is 216 g/mol. The van der Waals surface area contributed by atoms with Crippen molar-refractivity contribution in [1.82, 2.24) is 14.9 Å². The number of aryl methyl sites for hydroxylation is 2. The van der Waals surface area contributed by atoms with Gasteiger partial charge in [0.1, 0.15) is 5.82 Å². The van der Waals surface area contributed by atoms with Crippen LogP contribution in [0.2, 0.25) is 0 Å². The van der Waals surface area contributed by atoms with E-state index in [2.05, 4.69) is 27.2 Å². The lowest BCUT2D eigenvalue weighted by atomic mass is 10.3. The highest BCUT2D eigenvalue weighted by Crippen LogP contribution is 2.08. The van der Waals surface area contributed by atoms with Gasteiger partial charge in [0.15, 0.2) is 0 Å². The van der Waals surface area contributed by atoms with Crippen LogP contribution >= 0.6 is 0 Å². The van der Waals surface area contributed by atoms with Gasteiger partial charge in [0.25, 0.3) is 0 Å². The van der Waals surface area contributed by atoms with Gasteiger partial charge in [0.05, 0.1) is 30.3 Å². The Morgan fingerprint density at radius 1 is 1.47 bits per heavy atom. The number of anilines is 1. The summed E-state index contributed by atoms with van der Waals surface area (Å²) >= 11 is 0. The van der Waals surface area contributed by atoms with Crippen molar-refractivity contribution in [3.63, 3.8) is 0 Å². The standard InChI is InChI=1S/C12H20N4O/c1-9-10(2)15-12(7-13-9)14-6-11-8-16(3)4-5-17-11/h7,11H,4-6,8H2,1-3H3,(H,14,15). The smallest absolute Gasteiger partial charge is 0.144 e. The lowest BCUT2D eigenvalue weighted by Gasteiger charge is -2.30. The molecule has 1 aliphatic rings. The molecule has 2 rings (SSSR count). The third-order valence-electron chi connectivity index (χ3n) is 3.04. The molecule has 1 N–H and O–H groups in total. The van der Waals surface area contributed by atoms with Gasteiger partial charge < -0.3 is 15.0 Å². The van der Waals surface area contributed by atoms with Crippen LogP contribution in [-0.2, 0) is 4.74 Å². The van der Waals surface area contributed by atoms with Gasteiger partial charge in [-0.2, -0.15) is 0 Å². The predicted molar refractivity (Wildman–Crippen MR) is 67.2 cm³/mol. The summed E-state index contributed by atoms with van der Waals surface area (Å²) < 4.78 is 5.67. The second kappa shape index (κ2) is 5.42. The van der Waals surface area contributed by atoms with Gasteiger partial charge in [-0.15, -0.1) is 0 Å². The van der Waals surface area contributed by atoms with E-state index in [-0.39, 0.29) is 6.10 Å². The van der Waals surface area contributed by atoms with E-state index in [1.807, 2.05) is 13.8 Å². The number of rotatable bonds is 3. The van der Waals surface area contributed by atoms with E-state index in [0.29, 0.717) is 0 Å². The highest BCUT2D eigenvalue weighted by Gasteiger charge is 2.17. The topological polar surface area (TPSA) is 50.3 Å². The molecule has 2 heterocycles. The quantitative estimate of drug-likeness (QED) is 0.842. The second-order valence-corrected chi connectivity index (χ2v) is 4.56. The van der Waals surface area contributed by atoms with E-state index in [1.165, 1.54) is 0 Å². The Kier molecular flexibility index (Phi) is 3.91. The van der Waals surface area contributed by atoms with Crippen LogP contribution < -0.4 is 5.32 Å². The average Bonchev–Trinajstić information content (AvgIpc) is 2.31. The summed E-state index contributed by atoms with van der Waals surface area (Å²) in [6, 6.07) is 0. The minimum absolute atomic E-state index is 0.233. The Bertz CT molecular complexity index is 383. The highest BCUT2D eigenvalue weighted by molar-refractivity contribution is 5.33. The molecule has 17 heavy (non-hydrogen) atoms. The molecule has 5 heteroatoms. The SMILES string of the molecule is Cc1ncc(NCC2CN(C)CCO2)nc1C. The summed E-state index contributed by atoms with van der Waals surface area (Å²) in [6.45, 7) is 7.50. The average molecular weight is 236 g/mol. The summed E-state index contributed by atoms with van der Waals surface area (Å²) in [6.07, 6.45) is 2.01. The van der Waals surface area contributed by atoms with Crippen molar-refractivity contribution in [2.75, 3.05) is 38.6 Å². The number of likely N-dealkylation sites (N-methyl/N-ethyl adjacent to an activating group) is 1. The van der Waals surface area contributed by atoms with Gasteiger partial charge in [-0.1, -0.05) is 0 Å². The zero-order valence-corrected chi connectivity index (χ0v) is 10.7. The number of nitrogens with one attached hydrogen (secondary N) is 1. The van der Waals surface area contributed by atoms with Crippen LogP contribution in [0.4, 0.5) is 5.82 Å². The molecular formula is C12H20N4O. The first kappa shape index (κ1) is 12.3. The maximum absolute atomic E-state index is 5.67. The van der Waals surface area contributed by atoms with Crippen LogP contribution in [-0.4, -0.2) is 54.3 Å². The molecule has 1 saturated heterocycles. The Morgan fingerprint density at radius 2 is 2.29 bits per heavy atom. The Hall–Kier alpha value is -1.20. The van der Waals surface area contributed by atoms with Crippen molar-refractivity contribution in [2.24, 2.45) is 0 Å². The number of hydrogen-bond donors (Lipinski definition) is 1. The third kappa shape index (κ3) is 3.38. The van der Waals surface area contributed by atoms with Crippen LogP contribution in [0.15, 0.2) is 6.20 Å². The number of nitrogens with zero attached hydrogens (tertiary/aromatic N) is 3. The van der Waals surface area contributed by atoms with Crippen molar-refractivity contribution in [2.45, 2.75) is 20.0 Å². The lowest BCUT2D eigenvalue weighted by Crippen LogP contribution is -2.43. The molecule has 94 valence electrons. The van der Waals surface area contributed by atoms with Crippen LogP contribution in [0.3, 0.4) is 0 Å². The molecule has 5 nitrogen and oxygen atoms in total. The fraction of sp³-hybridized carbons (Fsp3) is 0.667. The molecule has 1 unspecified atom stereocenters. The van der Waals surface area contributed by atoms with Crippen molar-refractivity contribution < 1.29 is 4.74 Å². The molecule has 0 aliphatic carbocycles. The molecule has 0 bridgehead atoms. The molecule has 0 aromatic carbocycles. The molecule has 0 radical (unpaired) electrons. The van der Waals surface area contributed by atoms with Crippen molar-refractivity contribution in [3.05, 3.63) is 17.6 Å². The minimum Gasteiger partial charge on any atom is -0.374 e. The zero-order valence-electron chi connectivity index (χ0n) is 10.7. The van der Waals surface area contributed by atoms with Crippen LogP contribution in [0.1, 0.15) is 11.4 Å². The van der Waals surface area contributed by atoms with Gasteiger partial charge in [0, 0.05) is 19.6 Å². The summed E-state index contributed by atoms with van der Waals surface area (Å²) in [5, 5.41) is 3.28. The normalized spacial score (nSPS) is 21.5. The van der Waals surface area contributed by atoms with Crippen molar-refractivity contribution >= 4 is 5.82 Å². The van der Waals surface area contributed by atoms with E-state index < -0.39 is 0 Å². The largest absolute Gasteiger partial charge is 0.374 e. The van der Waals surface area contributed by atoms with Gasteiger partial charge in [-0.3, -0.25) is 4.98 Å². The molecule has 1 aromatic rings. The molecule has 1 aliphatic heterocycles. The first-order valence-corrected chi connectivity index (χ1v) is 5.99. The van der Waals surface area contributed by atoms with E-state index >= 15 is 0 Å². The molecule has 0 saturated carbocycles.